The molecule has 1 unspecified atom stereocenters. The topological polar surface area (TPSA) is 75.9 Å². The van der Waals surface area contributed by atoms with Gasteiger partial charge in [-0.25, -0.2) is 9.97 Å². The van der Waals surface area contributed by atoms with Gasteiger partial charge in [0.25, 0.3) is 0 Å². The molecule has 1 atom stereocenters. The molecule has 2 aromatic carbocycles. The lowest BCUT2D eigenvalue weighted by molar-refractivity contribution is -0.141. The fraction of sp³-hybridized carbons (Fsp3) is 0.174. The maximum atomic E-state index is 12.9. The van der Waals surface area contributed by atoms with E-state index in [1.165, 1.54) is 0 Å². The van der Waals surface area contributed by atoms with Crippen LogP contribution >= 0.6 is 0 Å². The van der Waals surface area contributed by atoms with Crippen molar-refractivity contribution in [3.63, 3.8) is 0 Å². The van der Waals surface area contributed by atoms with Crippen molar-refractivity contribution in [1.29, 1.82) is 0 Å². The van der Waals surface area contributed by atoms with E-state index in [1.54, 1.807) is 23.0 Å². The van der Waals surface area contributed by atoms with Crippen LogP contribution in [0.1, 0.15) is 22.9 Å². The van der Waals surface area contributed by atoms with Crippen molar-refractivity contribution in [1.82, 2.24) is 19.7 Å². The van der Waals surface area contributed by atoms with Gasteiger partial charge in [-0.15, -0.1) is 0 Å². The maximum Gasteiger partial charge on any atom is 0.433 e. The molecule has 0 aliphatic carbocycles. The van der Waals surface area contributed by atoms with E-state index < -0.39 is 18.0 Å². The fourth-order valence-corrected chi connectivity index (χ4v) is 3.30. The number of nitrogens with zero attached hydrogens (tertiary/aromatic N) is 4. The van der Waals surface area contributed by atoms with Gasteiger partial charge in [0.2, 0.25) is 5.95 Å². The summed E-state index contributed by atoms with van der Waals surface area (Å²) in [7, 11) is 0. The number of benzene rings is 2. The molecule has 9 heteroatoms. The maximum absolute atomic E-state index is 12.9. The van der Waals surface area contributed by atoms with E-state index in [4.69, 9.17) is 0 Å². The molecular formula is C23H20F3N5O. The van der Waals surface area contributed by atoms with E-state index in [-0.39, 0.29) is 5.95 Å². The summed E-state index contributed by atoms with van der Waals surface area (Å²) in [5.74, 6) is -0.141. The highest BCUT2D eigenvalue weighted by molar-refractivity contribution is 5.70. The lowest BCUT2D eigenvalue weighted by atomic mass is 10.1. The molecule has 0 amide bonds. The normalized spacial score (nSPS) is 12.5. The summed E-state index contributed by atoms with van der Waals surface area (Å²) in [4.78, 5) is 7.42. The largest absolute Gasteiger partial charge is 0.433 e. The average molecular weight is 439 g/mol. The Morgan fingerprint density at radius 1 is 1.06 bits per heavy atom. The quantitative estimate of drug-likeness (QED) is 0.435. The number of nitrogens with one attached hydrogen (secondary N) is 1. The van der Waals surface area contributed by atoms with Gasteiger partial charge in [-0.3, -0.25) is 4.68 Å². The van der Waals surface area contributed by atoms with Crippen LogP contribution in [0.15, 0.2) is 73.2 Å². The molecule has 4 aromatic rings. The number of hydrogen-bond donors (Lipinski definition) is 2. The summed E-state index contributed by atoms with van der Waals surface area (Å²) in [6, 6.07) is 15.6. The molecule has 2 N–H and O–H groups in total. The second-order valence-electron chi connectivity index (χ2n) is 7.35. The molecule has 4 rings (SSSR count). The highest BCUT2D eigenvalue weighted by Crippen LogP contribution is 2.29. The predicted molar refractivity (Wildman–Crippen MR) is 114 cm³/mol. The summed E-state index contributed by atoms with van der Waals surface area (Å²) in [5, 5.41) is 17.6. The van der Waals surface area contributed by atoms with Gasteiger partial charge >= 0.3 is 6.18 Å². The van der Waals surface area contributed by atoms with Crippen LogP contribution in [0.3, 0.4) is 0 Å². The Morgan fingerprint density at radius 3 is 2.59 bits per heavy atom. The Balaban J connectivity index is 1.53. The zero-order valence-electron chi connectivity index (χ0n) is 17.1. The van der Waals surface area contributed by atoms with Crippen LogP contribution < -0.4 is 5.32 Å². The van der Waals surface area contributed by atoms with Crippen LogP contribution in [-0.4, -0.2) is 24.9 Å². The summed E-state index contributed by atoms with van der Waals surface area (Å²) < 4.78 is 40.4. The minimum absolute atomic E-state index is 0.141. The van der Waals surface area contributed by atoms with Gasteiger partial charge in [0, 0.05) is 23.6 Å². The first-order chi connectivity index (χ1) is 15.3. The van der Waals surface area contributed by atoms with Crippen molar-refractivity contribution in [2.24, 2.45) is 0 Å². The Bertz CT molecular complexity index is 1210. The molecule has 2 aromatic heterocycles. The highest BCUT2D eigenvalue weighted by atomic mass is 19.4. The second-order valence-corrected chi connectivity index (χ2v) is 7.35. The third-order valence-electron chi connectivity index (χ3n) is 4.79. The number of aromatic nitrogens is 4. The average Bonchev–Trinajstić information content (AvgIpc) is 3.22. The van der Waals surface area contributed by atoms with Gasteiger partial charge in [-0.2, -0.15) is 18.3 Å². The van der Waals surface area contributed by atoms with Gasteiger partial charge in [0.15, 0.2) is 0 Å². The van der Waals surface area contributed by atoms with Gasteiger partial charge in [0.05, 0.1) is 18.8 Å². The van der Waals surface area contributed by atoms with Crippen LogP contribution in [0.2, 0.25) is 0 Å². The number of aliphatic hydroxyl groups excluding tert-OH is 1. The van der Waals surface area contributed by atoms with E-state index in [0.29, 0.717) is 12.2 Å². The van der Waals surface area contributed by atoms with Crippen molar-refractivity contribution in [2.45, 2.75) is 25.7 Å². The van der Waals surface area contributed by atoms with Crippen LogP contribution in [0, 0.1) is 6.92 Å². The van der Waals surface area contributed by atoms with Crippen molar-refractivity contribution in [3.05, 3.63) is 90.0 Å². The van der Waals surface area contributed by atoms with Crippen molar-refractivity contribution >= 4 is 11.6 Å². The van der Waals surface area contributed by atoms with Crippen molar-refractivity contribution < 1.29 is 18.3 Å². The number of anilines is 2. The minimum Gasteiger partial charge on any atom is -0.386 e. The number of hydrogen-bond acceptors (Lipinski definition) is 5. The zero-order chi connectivity index (χ0) is 22.7. The van der Waals surface area contributed by atoms with E-state index in [1.807, 2.05) is 49.5 Å². The van der Waals surface area contributed by atoms with Crippen molar-refractivity contribution in [3.8, 4) is 11.1 Å². The molecule has 0 saturated heterocycles. The number of alkyl halides is 3. The summed E-state index contributed by atoms with van der Waals surface area (Å²) in [5.41, 5.74) is 2.86. The van der Waals surface area contributed by atoms with Gasteiger partial charge in [0.1, 0.15) is 5.69 Å². The molecule has 0 bridgehead atoms. The monoisotopic (exact) mass is 439 g/mol. The van der Waals surface area contributed by atoms with E-state index in [2.05, 4.69) is 20.4 Å². The van der Waals surface area contributed by atoms with Crippen LogP contribution in [-0.2, 0) is 12.7 Å². The Labute approximate surface area is 182 Å². The van der Waals surface area contributed by atoms with E-state index >= 15 is 0 Å². The summed E-state index contributed by atoms with van der Waals surface area (Å²) in [6.45, 7) is 2.17. The molecule has 0 spiro atoms. The number of aryl methyl sites for hydroxylation is 1. The minimum atomic E-state index is -4.55. The molecule has 6 nitrogen and oxygen atoms in total. The number of halogens is 3. The van der Waals surface area contributed by atoms with Gasteiger partial charge < -0.3 is 10.4 Å². The van der Waals surface area contributed by atoms with Crippen LogP contribution in [0.25, 0.3) is 11.1 Å². The first-order valence-corrected chi connectivity index (χ1v) is 9.83. The standard InChI is InChI=1S/C23H20F3N5O/c1-15-9-17(11-19(10-15)29-22-27-8-7-21(30-22)23(24,25)26)18-12-28-31(13-18)14-20(32)16-5-3-2-4-6-16/h2-13,20,32H,14H2,1H3,(H,27,29,30). The summed E-state index contributed by atoms with van der Waals surface area (Å²) >= 11 is 0. The lowest BCUT2D eigenvalue weighted by Crippen LogP contribution is -2.10. The smallest absolute Gasteiger partial charge is 0.386 e. The van der Waals surface area contributed by atoms with E-state index in [9.17, 15) is 18.3 Å². The Morgan fingerprint density at radius 2 is 1.84 bits per heavy atom. The Kier molecular flexibility index (Phi) is 5.91. The molecular weight excluding hydrogens is 419 g/mol. The SMILES string of the molecule is Cc1cc(Nc2nccc(C(F)(F)F)n2)cc(-c2cnn(CC(O)c3ccccc3)c2)c1. The highest BCUT2D eigenvalue weighted by Gasteiger charge is 2.32. The predicted octanol–water partition coefficient (Wildman–Crippen LogP) is 5.14. The van der Waals surface area contributed by atoms with Crippen molar-refractivity contribution in [2.75, 3.05) is 5.32 Å². The third-order valence-corrected chi connectivity index (χ3v) is 4.79. The molecule has 32 heavy (non-hydrogen) atoms. The second kappa shape index (κ2) is 8.80. The molecule has 0 aliphatic heterocycles. The van der Waals surface area contributed by atoms with Crippen LogP contribution in [0.4, 0.5) is 24.8 Å². The first kappa shape index (κ1) is 21.5. The van der Waals surface area contributed by atoms with Crippen LogP contribution in [0.5, 0.6) is 0 Å². The third kappa shape index (κ3) is 5.12. The first-order valence-electron chi connectivity index (χ1n) is 9.83. The fourth-order valence-electron chi connectivity index (χ4n) is 3.30. The molecule has 0 radical (unpaired) electrons. The Hall–Kier alpha value is -3.72. The van der Waals surface area contributed by atoms with Gasteiger partial charge in [-0.1, -0.05) is 36.4 Å². The number of aliphatic hydroxyl groups is 1. The molecule has 2 heterocycles. The lowest BCUT2D eigenvalue weighted by Gasteiger charge is -2.11. The van der Waals surface area contributed by atoms with Gasteiger partial charge in [-0.05, 0) is 41.8 Å². The number of rotatable bonds is 6. The molecule has 0 saturated carbocycles. The summed E-state index contributed by atoms with van der Waals surface area (Å²) in [6.07, 6.45) is -0.688. The molecule has 0 aliphatic rings. The molecule has 164 valence electrons. The van der Waals surface area contributed by atoms with E-state index in [0.717, 1.165) is 34.5 Å². The molecule has 0 fully saturated rings. The zero-order valence-corrected chi connectivity index (χ0v) is 17.1.